The highest BCUT2D eigenvalue weighted by Gasteiger charge is 2.31. The maximum atomic E-state index is 13.2. The van der Waals surface area contributed by atoms with E-state index in [1.54, 1.807) is 12.1 Å². The van der Waals surface area contributed by atoms with Gasteiger partial charge < -0.3 is 15.4 Å². The lowest BCUT2D eigenvalue weighted by Crippen LogP contribution is -2.49. The molecule has 23 heavy (non-hydrogen) atoms. The van der Waals surface area contributed by atoms with Crippen molar-refractivity contribution in [2.45, 2.75) is 38.6 Å². The molecule has 0 radical (unpaired) electrons. The summed E-state index contributed by atoms with van der Waals surface area (Å²) in [5.74, 6) is -0.738. The number of halogens is 1. The van der Waals surface area contributed by atoms with Crippen molar-refractivity contribution in [1.82, 2.24) is 10.6 Å². The Hall–Kier alpha value is -1.95. The third kappa shape index (κ3) is 4.28. The predicted molar refractivity (Wildman–Crippen MR) is 92.1 cm³/mol. The van der Waals surface area contributed by atoms with Crippen LogP contribution in [-0.4, -0.2) is 24.2 Å². The fraction of sp³-hybridized carbons (Fsp3) is 0.412. The quantitative estimate of drug-likeness (QED) is 0.475. The molecule has 124 valence electrons. The Morgan fingerprint density at radius 3 is 2.61 bits per heavy atom. The number of hydrogen-bond donors (Lipinski definition) is 2. The molecule has 0 spiro atoms. The first kappa shape index (κ1) is 17.4. The molecular weight excluding hydrogens is 315 g/mol. The summed E-state index contributed by atoms with van der Waals surface area (Å²) in [6, 6.07) is 5.75. The van der Waals surface area contributed by atoms with Crippen LogP contribution >= 0.6 is 12.2 Å². The Labute approximate surface area is 141 Å². The number of hydrogen-bond acceptors (Lipinski definition) is 3. The second kappa shape index (κ2) is 8.06. The van der Waals surface area contributed by atoms with Crippen LogP contribution in [0.2, 0.25) is 0 Å². The highest BCUT2D eigenvalue weighted by Crippen LogP contribution is 2.25. The Kier molecular flexibility index (Phi) is 6.10. The number of carbonyl (C=O) groups excluding carboxylic acids is 1. The SMILES string of the molecule is CCCCCC1NC(=S)NC(c2ccc(F)cc2)=C1C(=O)OC. The van der Waals surface area contributed by atoms with E-state index >= 15 is 0 Å². The van der Waals surface area contributed by atoms with Crippen molar-refractivity contribution in [2.24, 2.45) is 0 Å². The third-order valence-corrected chi connectivity index (χ3v) is 4.02. The molecule has 0 amide bonds. The first-order valence-electron chi connectivity index (χ1n) is 7.72. The molecule has 0 fully saturated rings. The average Bonchev–Trinajstić information content (AvgIpc) is 2.54. The molecule has 0 saturated carbocycles. The number of ether oxygens (including phenoxy) is 1. The fourth-order valence-corrected chi connectivity index (χ4v) is 2.88. The van der Waals surface area contributed by atoms with Gasteiger partial charge in [-0.2, -0.15) is 0 Å². The van der Waals surface area contributed by atoms with Gasteiger partial charge in [0.1, 0.15) is 5.82 Å². The summed E-state index contributed by atoms with van der Waals surface area (Å²) in [5.41, 5.74) is 1.79. The minimum absolute atomic E-state index is 0.206. The zero-order chi connectivity index (χ0) is 16.8. The lowest BCUT2D eigenvalue weighted by molar-refractivity contribution is -0.136. The van der Waals surface area contributed by atoms with E-state index in [1.165, 1.54) is 19.2 Å². The van der Waals surface area contributed by atoms with Gasteiger partial charge in [-0.3, -0.25) is 0 Å². The molecule has 1 aliphatic rings. The van der Waals surface area contributed by atoms with Crippen LogP contribution in [0.5, 0.6) is 0 Å². The second-order valence-electron chi connectivity index (χ2n) is 5.43. The molecule has 1 atom stereocenters. The number of esters is 1. The van der Waals surface area contributed by atoms with E-state index in [1.807, 2.05) is 0 Å². The first-order valence-corrected chi connectivity index (χ1v) is 8.13. The topological polar surface area (TPSA) is 50.4 Å². The molecule has 1 unspecified atom stereocenters. The van der Waals surface area contributed by atoms with Gasteiger partial charge in [-0.15, -0.1) is 0 Å². The van der Waals surface area contributed by atoms with Crippen LogP contribution in [0.4, 0.5) is 4.39 Å². The van der Waals surface area contributed by atoms with Crippen molar-refractivity contribution in [2.75, 3.05) is 7.11 Å². The summed E-state index contributed by atoms with van der Waals surface area (Å²) in [7, 11) is 1.35. The number of thiocarbonyl (C=S) groups is 1. The normalized spacial score (nSPS) is 17.5. The van der Waals surface area contributed by atoms with Crippen LogP contribution < -0.4 is 10.6 Å². The van der Waals surface area contributed by atoms with Crippen molar-refractivity contribution in [3.63, 3.8) is 0 Å². The molecule has 1 aromatic rings. The number of carbonyl (C=O) groups is 1. The van der Waals surface area contributed by atoms with Gasteiger partial charge in [-0.05, 0) is 48.5 Å². The van der Waals surface area contributed by atoms with Gasteiger partial charge in [0, 0.05) is 0 Å². The van der Waals surface area contributed by atoms with Gasteiger partial charge in [0.05, 0.1) is 24.4 Å². The Morgan fingerprint density at radius 1 is 1.30 bits per heavy atom. The molecule has 0 bridgehead atoms. The molecule has 1 aromatic carbocycles. The van der Waals surface area contributed by atoms with Gasteiger partial charge in [0.25, 0.3) is 0 Å². The number of methoxy groups -OCH3 is 1. The Morgan fingerprint density at radius 2 is 2.00 bits per heavy atom. The minimum atomic E-state index is -0.409. The molecule has 4 nitrogen and oxygen atoms in total. The van der Waals surface area contributed by atoms with E-state index in [4.69, 9.17) is 17.0 Å². The molecule has 6 heteroatoms. The number of benzene rings is 1. The summed E-state index contributed by atoms with van der Waals surface area (Å²) in [4.78, 5) is 12.3. The van der Waals surface area contributed by atoms with Crippen LogP contribution in [0.3, 0.4) is 0 Å². The van der Waals surface area contributed by atoms with E-state index in [0.29, 0.717) is 21.9 Å². The summed E-state index contributed by atoms with van der Waals surface area (Å²) in [5, 5.41) is 6.61. The summed E-state index contributed by atoms with van der Waals surface area (Å²) >= 11 is 5.26. The van der Waals surface area contributed by atoms with E-state index < -0.39 is 5.97 Å². The van der Waals surface area contributed by atoms with Crippen LogP contribution in [0.15, 0.2) is 29.8 Å². The number of unbranched alkanes of at least 4 members (excludes halogenated alkanes) is 2. The molecule has 0 aromatic heterocycles. The number of rotatable bonds is 6. The first-order chi connectivity index (χ1) is 11.1. The molecule has 0 aliphatic carbocycles. The average molecular weight is 336 g/mol. The van der Waals surface area contributed by atoms with Crippen LogP contribution in [0, 0.1) is 5.82 Å². The molecule has 1 heterocycles. The van der Waals surface area contributed by atoms with Gasteiger partial charge in [-0.1, -0.05) is 26.2 Å². The lowest BCUT2D eigenvalue weighted by atomic mass is 9.94. The lowest BCUT2D eigenvalue weighted by Gasteiger charge is -2.30. The number of nitrogens with one attached hydrogen (secondary N) is 2. The maximum absolute atomic E-state index is 13.2. The fourth-order valence-electron chi connectivity index (χ4n) is 2.64. The standard InChI is InChI=1S/C17H21FN2O2S/c1-3-4-5-6-13-14(16(21)22-2)15(20-17(23)19-13)11-7-9-12(18)10-8-11/h7-10,13H,3-6H2,1-2H3,(H2,19,20,23). The molecule has 2 rings (SSSR count). The van der Waals surface area contributed by atoms with Gasteiger partial charge >= 0.3 is 5.97 Å². The third-order valence-electron chi connectivity index (χ3n) is 3.80. The zero-order valence-corrected chi connectivity index (χ0v) is 14.1. The van der Waals surface area contributed by atoms with Crippen molar-refractivity contribution in [3.8, 4) is 0 Å². The summed E-state index contributed by atoms with van der Waals surface area (Å²) in [6.45, 7) is 2.13. The monoisotopic (exact) mass is 336 g/mol. The van der Waals surface area contributed by atoms with Crippen LogP contribution in [-0.2, 0) is 9.53 Å². The van der Waals surface area contributed by atoms with E-state index in [-0.39, 0.29) is 11.9 Å². The highest BCUT2D eigenvalue weighted by molar-refractivity contribution is 7.80. The van der Waals surface area contributed by atoms with Gasteiger partial charge in [0.15, 0.2) is 5.11 Å². The van der Waals surface area contributed by atoms with Gasteiger partial charge in [0.2, 0.25) is 0 Å². The van der Waals surface area contributed by atoms with Crippen molar-refractivity contribution < 1.29 is 13.9 Å². The second-order valence-corrected chi connectivity index (χ2v) is 5.84. The predicted octanol–water partition coefficient (Wildman–Crippen LogP) is 3.14. The zero-order valence-electron chi connectivity index (χ0n) is 13.3. The highest BCUT2D eigenvalue weighted by atomic mass is 32.1. The molecule has 1 aliphatic heterocycles. The van der Waals surface area contributed by atoms with E-state index in [0.717, 1.165) is 25.7 Å². The van der Waals surface area contributed by atoms with E-state index in [9.17, 15) is 9.18 Å². The van der Waals surface area contributed by atoms with Crippen molar-refractivity contribution in [3.05, 3.63) is 41.2 Å². The van der Waals surface area contributed by atoms with Crippen LogP contribution in [0.1, 0.15) is 38.2 Å². The van der Waals surface area contributed by atoms with Gasteiger partial charge in [-0.25, -0.2) is 9.18 Å². The Balaban J connectivity index is 2.42. The van der Waals surface area contributed by atoms with Crippen molar-refractivity contribution >= 4 is 29.0 Å². The van der Waals surface area contributed by atoms with Crippen molar-refractivity contribution in [1.29, 1.82) is 0 Å². The Bertz CT molecular complexity index is 614. The van der Waals surface area contributed by atoms with E-state index in [2.05, 4.69) is 17.6 Å². The summed E-state index contributed by atoms with van der Waals surface area (Å²) in [6.07, 6.45) is 3.94. The molecule has 2 N–H and O–H groups in total. The smallest absolute Gasteiger partial charge is 0.337 e. The maximum Gasteiger partial charge on any atom is 0.337 e. The van der Waals surface area contributed by atoms with Crippen LogP contribution in [0.25, 0.3) is 5.70 Å². The molecular formula is C17H21FN2O2S. The molecule has 0 saturated heterocycles. The minimum Gasteiger partial charge on any atom is -0.466 e. The largest absolute Gasteiger partial charge is 0.466 e. The summed E-state index contributed by atoms with van der Waals surface area (Å²) < 4.78 is 18.1.